The number of hydrogen-bond acceptors (Lipinski definition) is 5. The van der Waals surface area contributed by atoms with E-state index in [1.54, 1.807) is 0 Å². The minimum Gasteiger partial charge on any atom is -0.439 e. The number of fused-ring (bicyclic) bond motifs is 1. The van der Waals surface area contributed by atoms with E-state index in [1.165, 1.54) is 6.42 Å². The van der Waals surface area contributed by atoms with Crippen molar-refractivity contribution in [2.45, 2.75) is 32.4 Å². The van der Waals surface area contributed by atoms with Crippen LogP contribution in [-0.2, 0) is 6.54 Å². The van der Waals surface area contributed by atoms with Gasteiger partial charge in [0.2, 0.25) is 5.89 Å². The van der Waals surface area contributed by atoms with Crippen molar-refractivity contribution in [3.8, 4) is 0 Å². The molecule has 114 valence electrons. The maximum absolute atomic E-state index is 5.86. The molecule has 0 aliphatic carbocycles. The smallest absolute Gasteiger partial charge is 0.209 e. The average molecular weight is 288 g/mol. The highest BCUT2D eigenvalue weighted by Crippen LogP contribution is 2.21. The van der Waals surface area contributed by atoms with Gasteiger partial charge < -0.3 is 15.1 Å². The molecule has 1 aliphatic heterocycles. The highest BCUT2D eigenvalue weighted by Gasteiger charge is 2.23. The standard InChI is InChI=1S/C16H24N4O/c1-3-13-10-19(2)7-4-8-20(13)11-16-18-14-9-12(17)5-6-15(14)21-16/h5-6,9,13H,3-4,7-8,10-11,17H2,1-2H3. The normalized spacial score (nSPS) is 21.7. The Kier molecular flexibility index (Phi) is 4.12. The van der Waals surface area contributed by atoms with Gasteiger partial charge in [-0.25, -0.2) is 4.98 Å². The average Bonchev–Trinajstić information content (AvgIpc) is 2.75. The number of nitrogens with zero attached hydrogens (tertiary/aromatic N) is 3. The van der Waals surface area contributed by atoms with Crippen molar-refractivity contribution in [3.63, 3.8) is 0 Å². The van der Waals surface area contributed by atoms with Crippen molar-refractivity contribution in [2.75, 3.05) is 32.4 Å². The summed E-state index contributed by atoms with van der Waals surface area (Å²) in [4.78, 5) is 9.50. The molecule has 1 aliphatic rings. The molecule has 2 aromatic rings. The molecule has 1 saturated heterocycles. The molecule has 1 unspecified atom stereocenters. The van der Waals surface area contributed by atoms with E-state index in [4.69, 9.17) is 10.2 Å². The quantitative estimate of drug-likeness (QED) is 0.878. The van der Waals surface area contributed by atoms with Gasteiger partial charge >= 0.3 is 0 Å². The van der Waals surface area contributed by atoms with Gasteiger partial charge in [0, 0.05) is 24.8 Å². The third-order valence-corrected chi connectivity index (χ3v) is 4.29. The van der Waals surface area contributed by atoms with Gasteiger partial charge in [-0.05, 0) is 44.6 Å². The molecule has 5 heteroatoms. The first-order valence-corrected chi connectivity index (χ1v) is 7.73. The Morgan fingerprint density at radius 1 is 1.38 bits per heavy atom. The highest BCUT2D eigenvalue weighted by atomic mass is 16.3. The summed E-state index contributed by atoms with van der Waals surface area (Å²) in [6.07, 6.45) is 2.34. The van der Waals surface area contributed by atoms with Gasteiger partial charge in [0.15, 0.2) is 5.58 Å². The molecule has 1 atom stereocenters. The summed E-state index contributed by atoms with van der Waals surface area (Å²) in [7, 11) is 2.20. The third kappa shape index (κ3) is 3.19. The Hall–Kier alpha value is -1.59. The minimum absolute atomic E-state index is 0.567. The second-order valence-electron chi connectivity index (χ2n) is 5.98. The van der Waals surface area contributed by atoms with E-state index in [9.17, 15) is 0 Å². The van der Waals surface area contributed by atoms with Crippen molar-refractivity contribution in [2.24, 2.45) is 0 Å². The van der Waals surface area contributed by atoms with Crippen molar-refractivity contribution in [1.29, 1.82) is 0 Å². The Bertz CT molecular complexity index is 609. The number of anilines is 1. The summed E-state index contributed by atoms with van der Waals surface area (Å²) >= 11 is 0. The number of oxazole rings is 1. The summed E-state index contributed by atoms with van der Waals surface area (Å²) < 4.78 is 5.86. The van der Waals surface area contributed by atoms with Crippen LogP contribution in [0.4, 0.5) is 5.69 Å². The molecule has 0 spiro atoms. The molecule has 2 heterocycles. The molecule has 1 aromatic heterocycles. The molecule has 3 rings (SSSR count). The molecule has 5 nitrogen and oxygen atoms in total. The van der Waals surface area contributed by atoms with E-state index in [2.05, 4.69) is 28.8 Å². The fraction of sp³-hybridized carbons (Fsp3) is 0.562. The van der Waals surface area contributed by atoms with Crippen LogP contribution in [0, 0.1) is 0 Å². The Morgan fingerprint density at radius 2 is 2.24 bits per heavy atom. The summed E-state index contributed by atoms with van der Waals surface area (Å²) in [5.41, 5.74) is 8.20. The topological polar surface area (TPSA) is 58.5 Å². The zero-order chi connectivity index (χ0) is 14.8. The Labute approximate surface area is 125 Å². The van der Waals surface area contributed by atoms with E-state index in [-0.39, 0.29) is 0 Å². The molecular formula is C16H24N4O. The van der Waals surface area contributed by atoms with Crippen LogP contribution in [0.1, 0.15) is 25.7 Å². The third-order valence-electron chi connectivity index (χ3n) is 4.29. The molecule has 2 N–H and O–H groups in total. The van der Waals surface area contributed by atoms with Crippen molar-refractivity contribution >= 4 is 16.8 Å². The summed E-state index contributed by atoms with van der Waals surface area (Å²) in [6.45, 7) is 6.41. The SMILES string of the molecule is CCC1CN(C)CCCN1Cc1nc2cc(N)ccc2o1. The van der Waals surface area contributed by atoms with Gasteiger partial charge in [0.05, 0.1) is 6.54 Å². The van der Waals surface area contributed by atoms with Gasteiger partial charge in [0.25, 0.3) is 0 Å². The van der Waals surface area contributed by atoms with Gasteiger partial charge in [-0.15, -0.1) is 0 Å². The summed E-state index contributed by atoms with van der Waals surface area (Å²) in [5, 5.41) is 0. The Morgan fingerprint density at radius 3 is 3.05 bits per heavy atom. The highest BCUT2D eigenvalue weighted by molar-refractivity contribution is 5.76. The van der Waals surface area contributed by atoms with Crippen molar-refractivity contribution in [3.05, 3.63) is 24.1 Å². The Balaban J connectivity index is 1.79. The molecule has 1 fully saturated rings. The van der Waals surface area contributed by atoms with Crippen LogP contribution in [0.3, 0.4) is 0 Å². The van der Waals surface area contributed by atoms with Crippen LogP contribution < -0.4 is 5.73 Å². The minimum atomic E-state index is 0.567. The summed E-state index contributed by atoms with van der Waals surface area (Å²) in [5.74, 6) is 0.790. The van der Waals surface area contributed by atoms with Crippen LogP contribution in [0.25, 0.3) is 11.1 Å². The zero-order valence-corrected chi connectivity index (χ0v) is 12.9. The summed E-state index contributed by atoms with van der Waals surface area (Å²) in [6, 6.07) is 6.19. The van der Waals surface area contributed by atoms with E-state index in [0.717, 1.165) is 55.3 Å². The van der Waals surface area contributed by atoms with Gasteiger partial charge in [0.1, 0.15) is 5.52 Å². The monoisotopic (exact) mass is 288 g/mol. The largest absolute Gasteiger partial charge is 0.439 e. The zero-order valence-electron chi connectivity index (χ0n) is 12.9. The second-order valence-corrected chi connectivity index (χ2v) is 5.98. The number of nitrogens with two attached hydrogens (primary N) is 1. The van der Waals surface area contributed by atoms with Gasteiger partial charge in [-0.1, -0.05) is 6.92 Å². The van der Waals surface area contributed by atoms with Crippen LogP contribution in [0.2, 0.25) is 0 Å². The van der Waals surface area contributed by atoms with Gasteiger partial charge in [-0.3, -0.25) is 4.90 Å². The maximum Gasteiger partial charge on any atom is 0.209 e. The van der Waals surface area contributed by atoms with E-state index >= 15 is 0 Å². The number of aromatic nitrogens is 1. The van der Waals surface area contributed by atoms with Crippen molar-refractivity contribution in [1.82, 2.24) is 14.8 Å². The molecule has 0 amide bonds. The number of nitrogen functional groups attached to an aromatic ring is 1. The van der Waals surface area contributed by atoms with Crippen LogP contribution in [0.15, 0.2) is 22.6 Å². The number of hydrogen-bond donors (Lipinski definition) is 1. The fourth-order valence-corrected chi connectivity index (χ4v) is 3.12. The maximum atomic E-state index is 5.86. The predicted molar refractivity (Wildman–Crippen MR) is 85.0 cm³/mol. The van der Waals surface area contributed by atoms with E-state index in [1.807, 2.05) is 18.2 Å². The molecular weight excluding hydrogens is 264 g/mol. The lowest BCUT2D eigenvalue weighted by molar-refractivity contribution is 0.163. The van der Waals surface area contributed by atoms with Crippen LogP contribution >= 0.6 is 0 Å². The first-order valence-electron chi connectivity index (χ1n) is 7.73. The first-order chi connectivity index (χ1) is 10.2. The molecule has 21 heavy (non-hydrogen) atoms. The number of benzene rings is 1. The fourth-order valence-electron chi connectivity index (χ4n) is 3.12. The van der Waals surface area contributed by atoms with E-state index in [0.29, 0.717) is 6.04 Å². The lowest BCUT2D eigenvalue weighted by Crippen LogP contribution is -2.39. The lowest BCUT2D eigenvalue weighted by Gasteiger charge is -2.28. The second kappa shape index (κ2) is 6.03. The first kappa shape index (κ1) is 14.4. The van der Waals surface area contributed by atoms with Crippen LogP contribution in [0.5, 0.6) is 0 Å². The number of rotatable bonds is 3. The molecule has 0 bridgehead atoms. The van der Waals surface area contributed by atoms with E-state index < -0.39 is 0 Å². The van der Waals surface area contributed by atoms with Crippen molar-refractivity contribution < 1.29 is 4.42 Å². The molecule has 0 saturated carbocycles. The number of likely N-dealkylation sites (N-methyl/N-ethyl adjacent to an activating group) is 1. The lowest BCUT2D eigenvalue weighted by atomic mass is 10.2. The van der Waals surface area contributed by atoms with Gasteiger partial charge in [-0.2, -0.15) is 0 Å². The molecule has 1 aromatic carbocycles. The molecule has 0 radical (unpaired) electrons. The predicted octanol–water partition coefficient (Wildman–Crippen LogP) is 2.33. The van der Waals surface area contributed by atoms with Crippen LogP contribution in [-0.4, -0.2) is 47.5 Å².